The van der Waals surface area contributed by atoms with Crippen molar-refractivity contribution in [3.8, 4) is 22.3 Å². The summed E-state index contributed by atoms with van der Waals surface area (Å²) in [5.74, 6) is -0.971. The van der Waals surface area contributed by atoms with E-state index in [0.29, 0.717) is 0 Å². The van der Waals surface area contributed by atoms with Crippen molar-refractivity contribution in [2.75, 3.05) is 0 Å². The Balaban J connectivity index is 1.41. The molecule has 0 atom stereocenters. The Morgan fingerprint density at radius 3 is 1.74 bits per heavy atom. The summed E-state index contributed by atoms with van der Waals surface area (Å²) >= 11 is 0. The molecule has 0 saturated heterocycles. The van der Waals surface area contributed by atoms with E-state index >= 15 is 0 Å². The first-order valence-electron chi connectivity index (χ1n) is 12.4. The van der Waals surface area contributed by atoms with Crippen LogP contribution in [0.2, 0.25) is 0 Å². The maximum atomic E-state index is 13.8. The predicted octanol–water partition coefficient (Wildman–Crippen LogP) is 6.50. The van der Waals surface area contributed by atoms with Crippen LogP contribution in [-0.2, 0) is 23.1 Å². The molecule has 1 heterocycles. The summed E-state index contributed by atoms with van der Waals surface area (Å²) in [6.07, 6.45) is 3.33. The average molecular weight is 535 g/mol. The third-order valence-corrected chi connectivity index (χ3v) is 8.26. The highest BCUT2D eigenvalue weighted by Gasteiger charge is 2.25. The fraction of sp³-hybridized carbons (Fsp3) is 0.0625. The van der Waals surface area contributed by atoms with Crippen molar-refractivity contribution in [1.29, 1.82) is 0 Å². The third kappa shape index (κ3) is 6.12. The van der Waals surface area contributed by atoms with Crippen molar-refractivity contribution in [1.82, 2.24) is 9.29 Å². The number of hydrogen-bond acceptors (Lipinski definition) is 4. The molecule has 1 N–H and O–H groups in total. The Morgan fingerprint density at radius 2 is 1.18 bits per heavy atom. The lowest BCUT2D eigenvalue weighted by atomic mass is 10.0. The van der Waals surface area contributed by atoms with Gasteiger partial charge >= 0.3 is 5.97 Å². The van der Waals surface area contributed by atoms with Crippen LogP contribution in [0.15, 0.2) is 133 Å². The minimum absolute atomic E-state index is 0.176. The summed E-state index contributed by atoms with van der Waals surface area (Å²) in [7, 11) is -3.82. The Bertz CT molecular complexity index is 1650. The van der Waals surface area contributed by atoms with Crippen molar-refractivity contribution in [3.63, 3.8) is 0 Å². The summed E-state index contributed by atoms with van der Waals surface area (Å²) in [4.78, 5) is 15.5. The number of aromatic carboxylic acids is 1. The van der Waals surface area contributed by atoms with E-state index in [1.807, 2.05) is 72.8 Å². The van der Waals surface area contributed by atoms with Crippen LogP contribution in [0, 0.1) is 0 Å². The first-order chi connectivity index (χ1) is 18.9. The zero-order valence-corrected chi connectivity index (χ0v) is 21.8. The van der Waals surface area contributed by atoms with Crippen molar-refractivity contribution in [2.24, 2.45) is 0 Å². The molecule has 0 aliphatic heterocycles. The van der Waals surface area contributed by atoms with Gasteiger partial charge in [0.15, 0.2) is 0 Å². The van der Waals surface area contributed by atoms with Crippen LogP contribution in [0.25, 0.3) is 22.3 Å². The minimum Gasteiger partial charge on any atom is -0.478 e. The second-order valence-electron chi connectivity index (χ2n) is 9.10. The molecule has 5 rings (SSSR count). The molecular formula is C32H26N2O4S. The molecule has 0 saturated carbocycles. The number of carbonyl (C=O) groups is 1. The van der Waals surface area contributed by atoms with Crippen LogP contribution in [0.1, 0.15) is 21.5 Å². The molecule has 6 nitrogen and oxygen atoms in total. The van der Waals surface area contributed by atoms with Gasteiger partial charge in [0.2, 0.25) is 10.0 Å². The average Bonchev–Trinajstić information content (AvgIpc) is 2.98. The molecular weight excluding hydrogens is 508 g/mol. The Kier molecular flexibility index (Phi) is 7.63. The van der Waals surface area contributed by atoms with Gasteiger partial charge in [-0.15, -0.1) is 0 Å². The number of hydrogen-bond donors (Lipinski definition) is 1. The number of aromatic nitrogens is 1. The fourth-order valence-corrected chi connectivity index (χ4v) is 5.75. The van der Waals surface area contributed by atoms with Crippen molar-refractivity contribution >= 4 is 16.0 Å². The van der Waals surface area contributed by atoms with Gasteiger partial charge in [0.25, 0.3) is 0 Å². The van der Waals surface area contributed by atoms with Gasteiger partial charge < -0.3 is 5.11 Å². The van der Waals surface area contributed by atoms with Gasteiger partial charge in [0.05, 0.1) is 10.5 Å². The van der Waals surface area contributed by atoms with E-state index in [4.69, 9.17) is 5.11 Å². The largest absolute Gasteiger partial charge is 0.478 e. The van der Waals surface area contributed by atoms with Crippen LogP contribution in [0.5, 0.6) is 0 Å². The highest BCUT2D eigenvalue weighted by Crippen LogP contribution is 2.26. The molecule has 0 fully saturated rings. The number of nitrogens with zero attached hydrogens (tertiary/aromatic N) is 2. The van der Waals surface area contributed by atoms with Gasteiger partial charge in [-0.1, -0.05) is 84.9 Å². The van der Waals surface area contributed by atoms with Gasteiger partial charge in [-0.2, -0.15) is 4.31 Å². The molecule has 0 amide bonds. The molecule has 4 aromatic carbocycles. The van der Waals surface area contributed by atoms with Gasteiger partial charge in [-0.05, 0) is 63.7 Å². The van der Waals surface area contributed by atoms with Crippen molar-refractivity contribution in [3.05, 3.63) is 144 Å². The number of benzene rings is 4. The third-order valence-electron chi connectivity index (χ3n) is 6.46. The van der Waals surface area contributed by atoms with E-state index in [1.165, 1.54) is 4.31 Å². The summed E-state index contributed by atoms with van der Waals surface area (Å²) in [6, 6.07) is 34.7. The van der Waals surface area contributed by atoms with Gasteiger partial charge in [0.1, 0.15) is 0 Å². The number of carboxylic acid groups (broad SMARTS) is 1. The quantitative estimate of drug-likeness (QED) is 0.233. The van der Waals surface area contributed by atoms with E-state index in [0.717, 1.165) is 33.4 Å². The molecule has 7 heteroatoms. The zero-order chi connectivity index (χ0) is 27.2. The monoisotopic (exact) mass is 534 g/mol. The normalized spacial score (nSPS) is 11.4. The molecule has 0 radical (unpaired) electrons. The van der Waals surface area contributed by atoms with E-state index in [9.17, 15) is 13.2 Å². The SMILES string of the molecule is O=C(O)c1ccc(-c2ccc(CN(Cc3cccnc3)S(=O)(=O)c3ccc(-c4ccccc4)cc3)cc2)cc1. The van der Waals surface area contributed by atoms with Crippen LogP contribution in [-0.4, -0.2) is 28.8 Å². The molecule has 0 aliphatic carbocycles. The summed E-state index contributed by atoms with van der Waals surface area (Å²) in [6.45, 7) is 0.352. The maximum absolute atomic E-state index is 13.8. The maximum Gasteiger partial charge on any atom is 0.335 e. The zero-order valence-electron chi connectivity index (χ0n) is 21.0. The van der Waals surface area contributed by atoms with Gasteiger partial charge in [-0.25, -0.2) is 13.2 Å². The van der Waals surface area contributed by atoms with Crippen LogP contribution in [0.3, 0.4) is 0 Å². The first kappa shape index (κ1) is 26.0. The topological polar surface area (TPSA) is 87.6 Å². The van der Waals surface area contributed by atoms with Crippen LogP contribution < -0.4 is 0 Å². The van der Waals surface area contributed by atoms with Gasteiger partial charge in [0, 0.05) is 25.5 Å². The second kappa shape index (κ2) is 11.4. The van der Waals surface area contributed by atoms with E-state index in [2.05, 4.69) is 4.98 Å². The Labute approximate surface area is 227 Å². The van der Waals surface area contributed by atoms with Gasteiger partial charge in [-0.3, -0.25) is 4.98 Å². The van der Waals surface area contributed by atoms with Crippen LogP contribution in [0.4, 0.5) is 0 Å². The molecule has 0 aliphatic rings. The molecule has 5 aromatic rings. The standard InChI is InChI=1S/C32H26N2O4S/c35-32(36)30-14-12-28(13-15-30)27-10-8-24(9-11-27)22-34(23-25-5-4-20-33-21-25)39(37,38)31-18-16-29(17-19-31)26-6-2-1-3-7-26/h1-21H,22-23H2,(H,35,36). The lowest BCUT2D eigenvalue weighted by Gasteiger charge is -2.23. The summed E-state index contributed by atoms with van der Waals surface area (Å²) in [5, 5.41) is 9.13. The molecule has 0 spiro atoms. The van der Waals surface area contributed by atoms with Crippen molar-refractivity contribution < 1.29 is 18.3 Å². The molecule has 1 aromatic heterocycles. The number of rotatable bonds is 9. The lowest BCUT2D eigenvalue weighted by Crippen LogP contribution is -2.30. The second-order valence-corrected chi connectivity index (χ2v) is 11.0. The van der Waals surface area contributed by atoms with E-state index in [-0.39, 0.29) is 23.5 Å². The first-order valence-corrected chi connectivity index (χ1v) is 13.8. The van der Waals surface area contributed by atoms with E-state index < -0.39 is 16.0 Å². The molecule has 194 valence electrons. The highest BCUT2D eigenvalue weighted by atomic mass is 32.2. The lowest BCUT2D eigenvalue weighted by molar-refractivity contribution is 0.0697. The molecule has 0 bridgehead atoms. The molecule has 0 unspecified atom stereocenters. The number of sulfonamides is 1. The fourth-order valence-electron chi connectivity index (χ4n) is 4.33. The number of pyridine rings is 1. The summed E-state index contributed by atoms with van der Waals surface area (Å²) < 4.78 is 29.1. The highest BCUT2D eigenvalue weighted by molar-refractivity contribution is 7.89. The number of carboxylic acids is 1. The Morgan fingerprint density at radius 1 is 0.641 bits per heavy atom. The predicted molar refractivity (Wildman–Crippen MR) is 151 cm³/mol. The smallest absolute Gasteiger partial charge is 0.335 e. The Hall–Kier alpha value is -4.59. The molecule has 39 heavy (non-hydrogen) atoms. The minimum atomic E-state index is -3.82. The van der Waals surface area contributed by atoms with Crippen molar-refractivity contribution in [2.45, 2.75) is 18.0 Å². The van der Waals surface area contributed by atoms with E-state index in [1.54, 1.807) is 54.9 Å². The van der Waals surface area contributed by atoms with Crippen LogP contribution >= 0.6 is 0 Å². The summed E-state index contributed by atoms with van der Waals surface area (Å²) in [5.41, 5.74) is 5.60.